The number of rotatable bonds is 3. The predicted octanol–water partition coefficient (Wildman–Crippen LogP) is 2.28. The van der Waals surface area contributed by atoms with E-state index in [9.17, 15) is 9.18 Å². The van der Waals surface area contributed by atoms with Crippen molar-refractivity contribution in [2.24, 2.45) is 0 Å². The summed E-state index contributed by atoms with van der Waals surface area (Å²) in [6, 6.07) is 9.92. The molecular weight excluding hydrogens is 249 g/mol. The Morgan fingerprint density at radius 1 is 1.21 bits per heavy atom. The van der Waals surface area contributed by atoms with Crippen molar-refractivity contribution in [1.82, 2.24) is 0 Å². The van der Waals surface area contributed by atoms with Crippen molar-refractivity contribution < 1.29 is 19.4 Å². The average molecular weight is 261 g/mol. The van der Waals surface area contributed by atoms with Crippen LogP contribution < -0.4 is 5.32 Å². The van der Waals surface area contributed by atoms with E-state index in [0.29, 0.717) is 11.3 Å². The summed E-state index contributed by atoms with van der Waals surface area (Å²) in [6.07, 6.45) is 0. The second kappa shape index (κ2) is 5.49. The van der Waals surface area contributed by atoms with E-state index in [-0.39, 0.29) is 17.9 Å². The summed E-state index contributed by atoms with van der Waals surface area (Å²) in [7, 11) is 0. The molecule has 0 aliphatic rings. The first kappa shape index (κ1) is 13.0. The van der Waals surface area contributed by atoms with Gasteiger partial charge < -0.3 is 15.5 Å². The van der Waals surface area contributed by atoms with Crippen LogP contribution in [0.15, 0.2) is 42.5 Å². The molecule has 0 spiro atoms. The number of amides is 1. The molecule has 2 rings (SSSR count). The number of nitrogens with one attached hydrogen (secondary N) is 1. The molecule has 5 heteroatoms. The Labute approximate surface area is 109 Å². The van der Waals surface area contributed by atoms with Gasteiger partial charge >= 0.3 is 0 Å². The predicted molar refractivity (Wildman–Crippen MR) is 68.4 cm³/mol. The topological polar surface area (TPSA) is 69.6 Å². The number of phenolic OH excluding ortho intramolecular Hbond substituents is 1. The minimum absolute atomic E-state index is 0.142. The smallest absolute Gasteiger partial charge is 0.258 e. The van der Waals surface area contributed by atoms with E-state index in [4.69, 9.17) is 10.2 Å². The Balaban J connectivity index is 2.20. The van der Waals surface area contributed by atoms with Crippen LogP contribution in [-0.2, 0) is 6.61 Å². The van der Waals surface area contributed by atoms with Gasteiger partial charge in [0.2, 0.25) is 0 Å². The number of aromatic hydroxyl groups is 1. The van der Waals surface area contributed by atoms with E-state index in [0.717, 1.165) is 6.07 Å². The van der Waals surface area contributed by atoms with Crippen molar-refractivity contribution >= 4 is 11.6 Å². The molecule has 0 fully saturated rings. The molecule has 0 atom stereocenters. The van der Waals surface area contributed by atoms with Crippen LogP contribution in [0, 0.1) is 5.82 Å². The highest BCUT2D eigenvalue weighted by atomic mass is 19.1. The van der Waals surface area contributed by atoms with Gasteiger partial charge in [-0.3, -0.25) is 4.79 Å². The van der Waals surface area contributed by atoms with Crippen molar-refractivity contribution in [3.63, 3.8) is 0 Å². The van der Waals surface area contributed by atoms with Gasteiger partial charge in [-0.05, 0) is 29.8 Å². The van der Waals surface area contributed by atoms with E-state index >= 15 is 0 Å². The van der Waals surface area contributed by atoms with Gasteiger partial charge in [-0.2, -0.15) is 0 Å². The second-order valence-corrected chi connectivity index (χ2v) is 3.98. The number of benzene rings is 2. The number of hydrogen-bond acceptors (Lipinski definition) is 3. The summed E-state index contributed by atoms with van der Waals surface area (Å²) in [5.41, 5.74) is 0.945. The Hall–Kier alpha value is -2.40. The standard InChI is InChI=1S/C14H12FNO3/c15-13-7-11(18)4-5-12(13)14(19)16-10-3-1-2-9(6-10)8-17/h1-7,17-18H,8H2,(H,16,19). The zero-order chi connectivity index (χ0) is 13.8. The summed E-state index contributed by atoms with van der Waals surface area (Å²) in [4.78, 5) is 11.9. The fourth-order valence-electron chi connectivity index (χ4n) is 1.63. The lowest BCUT2D eigenvalue weighted by Crippen LogP contribution is -2.13. The summed E-state index contributed by atoms with van der Waals surface area (Å²) in [5, 5.41) is 20.6. The van der Waals surface area contributed by atoms with Gasteiger partial charge in [0, 0.05) is 11.8 Å². The van der Waals surface area contributed by atoms with Crippen molar-refractivity contribution in [3.05, 3.63) is 59.4 Å². The maximum absolute atomic E-state index is 13.5. The van der Waals surface area contributed by atoms with Crippen LogP contribution in [0.3, 0.4) is 0 Å². The van der Waals surface area contributed by atoms with Crippen molar-refractivity contribution in [2.45, 2.75) is 6.61 Å². The molecule has 0 aromatic heterocycles. The molecule has 4 nitrogen and oxygen atoms in total. The number of phenols is 1. The zero-order valence-corrected chi connectivity index (χ0v) is 9.93. The molecule has 19 heavy (non-hydrogen) atoms. The van der Waals surface area contributed by atoms with E-state index < -0.39 is 11.7 Å². The van der Waals surface area contributed by atoms with Gasteiger partial charge in [0.1, 0.15) is 11.6 Å². The van der Waals surface area contributed by atoms with Crippen molar-refractivity contribution in [3.8, 4) is 5.75 Å². The average Bonchev–Trinajstić information content (AvgIpc) is 2.38. The molecule has 1 amide bonds. The summed E-state index contributed by atoms with van der Waals surface area (Å²) < 4.78 is 13.5. The first-order valence-electron chi connectivity index (χ1n) is 5.60. The first-order valence-corrected chi connectivity index (χ1v) is 5.60. The molecule has 98 valence electrons. The number of hydrogen-bond donors (Lipinski definition) is 3. The van der Waals surface area contributed by atoms with Gasteiger partial charge in [0.25, 0.3) is 5.91 Å². The monoisotopic (exact) mass is 261 g/mol. The van der Waals surface area contributed by atoms with Crippen LogP contribution in [0.25, 0.3) is 0 Å². The number of aliphatic hydroxyl groups excluding tert-OH is 1. The molecular formula is C14H12FNO3. The van der Waals surface area contributed by atoms with Crippen LogP contribution >= 0.6 is 0 Å². The highest BCUT2D eigenvalue weighted by molar-refractivity contribution is 6.04. The third-order valence-corrected chi connectivity index (χ3v) is 2.56. The minimum atomic E-state index is -0.796. The maximum atomic E-state index is 13.5. The van der Waals surface area contributed by atoms with Crippen molar-refractivity contribution in [2.75, 3.05) is 5.32 Å². The van der Waals surface area contributed by atoms with Crippen LogP contribution in [0.1, 0.15) is 15.9 Å². The first-order chi connectivity index (χ1) is 9.10. The van der Waals surface area contributed by atoms with Gasteiger partial charge in [0.15, 0.2) is 0 Å². The quantitative estimate of drug-likeness (QED) is 0.793. The van der Waals surface area contributed by atoms with Crippen molar-refractivity contribution in [1.29, 1.82) is 0 Å². The van der Waals surface area contributed by atoms with Crippen LogP contribution in [0.5, 0.6) is 5.75 Å². The number of carbonyl (C=O) groups is 1. The largest absolute Gasteiger partial charge is 0.508 e. The number of anilines is 1. The highest BCUT2D eigenvalue weighted by Gasteiger charge is 2.12. The summed E-state index contributed by atoms with van der Waals surface area (Å²) in [5.74, 6) is -1.65. The van der Waals surface area contributed by atoms with E-state index in [2.05, 4.69) is 5.32 Å². The van der Waals surface area contributed by atoms with Gasteiger partial charge in [-0.1, -0.05) is 12.1 Å². The SMILES string of the molecule is O=C(Nc1cccc(CO)c1)c1ccc(O)cc1F. The zero-order valence-electron chi connectivity index (χ0n) is 9.93. The lowest BCUT2D eigenvalue weighted by Gasteiger charge is -2.07. The van der Waals surface area contributed by atoms with Gasteiger partial charge in [-0.15, -0.1) is 0 Å². The van der Waals surface area contributed by atoms with Crippen LogP contribution in [-0.4, -0.2) is 16.1 Å². The molecule has 0 saturated carbocycles. The maximum Gasteiger partial charge on any atom is 0.258 e. The van der Waals surface area contributed by atoms with Crippen LogP contribution in [0.2, 0.25) is 0 Å². The molecule has 0 aliphatic carbocycles. The lowest BCUT2D eigenvalue weighted by atomic mass is 10.1. The Morgan fingerprint density at radius 3 is 2.68 bits per heavy atom. The normalized spacial score (nSPS) is 10.2. The second-order valence-electron chi connectivity index (χ2n) is 3.98. The molecule has 0 bridgehead atoms. The molecule has 0 heterocycles. The molecule has 2 aromatic rings. The van der Waals surface area contributed by atoms with Gasteiger partial charge in [-0.25, -0.2) is 4.39 Å². The summed E-state index contributed by atoms with van der Waals surface area (Å²) in [6.45, 7) is -0.142. The highest BCUT2D eigenvalue weighted by Crippen LogP contribution is 2.17. The number of halogens is 1. The Morgan fingerprint density at radius 2 is 2.00 bits per heavy atom. The Kier molecular flexibility index (Phi) is 3.77. The molecule has 0 unspecified atom stereocenters. The molecule has 0 aliphatic heterocycles. The van der Waals surface area contributed by atoms with E-state index in [1.807, 2.05) is 0 Å². The molecule has 2 aromatic carbocycles. The number of carbonyl (C=O) groups excluding carboxylic acids is 1. The number of aliphatic hydroxyl groups is 1. The Bertz CT molecular complexity index is 613. The van der Waals surface area contributed by atoms with Gasteiger partial charge in [0.05, 0.1) is 12.2 Å². The summed E-state index contributed by atoms with van der Waals surface area (Å²) >= 11 is 0. The fraction of sp³-hybridized carbons (Fsp3) is 0.0714. The van der Waals surface area contributed by atoms with E-state index in [1.54, 1.807) is 24.3 Å². The fourth-order valence-corrected chi connectivity index (χ4v) is 1.63. The third kappa shape index (κ3) is 3.08. The molecule has 0 radical (unpaired) electrons. The lowest BCUT2D eigenvalue weighted by molar-refractivity contribution is 0.102. The van der Waals surface area contributed by atoms with E-state index in [1.165, 1.54) is 12.1 Å². The van der Waals surface area contributed by atoms with Crippen LogP contribution in [0.4, 0.5) is 10.1 Å². The molecule has 3 N–H and O–H groups in total. The minimum Gasteiger partial charge on any atom is -0.508 e. The molecule has 0 saturated heterocycles. The third-order valence-electron chi connectivity index (χ3n) is 2.56.